The molecule has 1 aromatic heterocycles. The Morgan fingerprint density at radius 3 is 2.77 bits per heavy atom. The fourth-order valence-electron chi connectivity index (χ4n) is 1.70. The molecule has 0 aliphatic heterocycles. The SMILES string of the molecule is CCNC(=NCc1ccccn1)NCCCCC(=O)OC.I. The quantitative estimate of drug-likeness (QED) is 0.222. The number of aliphatic imine (C=N–C) groups is 1. The maximum absolute atomic E-state index is 11.0. The molecule has 124 valence electrons. The lowest BCUT2D eigenvalue weighted by Crippen LogP contribution is -2.37. The van der Waals surface area contributed by atoms with E-state index < -0.39 is 0 Å². The minimum absolute atomic E-state index is 0. The van der Waals surface area contributed by atoms with Gasteiger partial charge in [-0.05, 0) is 31.9 Å². The number of ether oxygens (including phenoxy) is 1. The number of nitrogens with zero attached hydrogens (tertiary/aromatic N) is 2. The second kappa shape index (κ2) is 13.3. The lowest BCUT2D eigenvalue weighted by Gasteiger charge is -2.10. The van der Waals surface area contributed by atoms with Gasteiger partial charge in [-0.15, -0.1) is 24.0 Å². The molecule has 1 rings (SSSR count). The number of hydrogen-bond acceptors (Lipinski definition) is 4. The molecule has 1 heterocycles. The van der Waals surface area contributed by atoms with Crippen LogP contribution in [0.15, 0.2) is 29.4 Å². The number of rotatable bonds is 8. The molecule has 0 aliphatic rings. The molecule has 0 bridgehead atoms. The molecule has 0 unspecified atom stereocenters. The standard InChI is InChI=1S/C15H24N4O2.HI/c1-3-16-15(18-11-7-5-9-14(20)21-2)19-12-13-8-4-6-10-17-13;/h4,6,8,10H,3,5,7,9,11-12H2,1-2H3,(H2,16,18,19);1H. The van der Waals surface area contributed by atoms with E-state index in [1.54, 1.807) is 6.20 Å². The summed E-state index contributed by atoms with van der Waals surface area (Å²) < 4.78 is 4.60. The Morgan fingerprint density at radius 2 is 2.14 bits per heavy atom. The molecule has 0 radical (unpaired) electrons. The molecular weight excluding hydrogens is 395 g/mol. The first-order valence-corrected chi connectivity index (χ1v) is 7.25. The highest BCUT2D eigenvalue weighted by Gasteiger charge is 2.01. The summed E-state index contributed by atoms with van der Waals surface area (Å²) in [6.45, 7) is 4.13. The number of unbranched alkanes of at least 4 members (excludes halogenated alkanes) is 1. The second-order valence-corrected chi connectivity index (χ2v) is 4.48. The van der Waals surface area contributed by atoms with Gasteiger partial charge in [-0.1, -0.05) is 6.07 Å². The summed E-state index contributed by atoms with van der Waals surface area (Å²) in [5.41, 5.74) is 0.931. The fourth-order valence-corrected chi connectivity index (χ4v) is 1.70. The van der Waals surface area contributed by atoms with Crippen molar-refractivity contribution in [3.63, 3.8) is 0 Å². The van der Waals surface area contributed by atoms with Gasteiger partial charge < -0.3 is 15.4 Å². The van der Waals surface area contributed by atoms with E-state index in [0.717, 1.165) is 37.6 Å². The average Bonchev–Trinajstić information content (AvgIpc) is 2.52. The summed E-state index contributed by atoms with van der Waals surface area (Å²) in [6, 6.07) is 5.78. The van der Waals surface area contributed by atoms with Crippen molar-refractivity contribution in [2.24, 2.45) is 4.99 Å². The third-order valence-electron chi connectivity index (χ3n) is 2.80. The van der Waals surface area contributed by atoms with Crippen LogP contribution < -0.4 is 10.6 Å². The fraction of sp³-hybridized carbons (Fsp3) is 0.533. The van der Waals surface area contributed by atoms with Gasteiger partial charge in [0.15, 0.2) is 5.96 Å². The molecule has 2 N–H and O–H groups in total. The molecule has 22 heavy (non-hydrogen) atoms. The molecule has 6 nitrogen and oxygen atoms in total. The maximum atomic E-state index is 11.0. The van der Waals surface area contributed by atoms with Crippen molar-refractivity contribution in [1.29, 1.82) is 0 Å². The first-order chi connectivity index (χ1) is 10.3. The monoisotopic (exact) mass is 420 g/mol. The number of esters is 1. The van der Waals surface area contributed by atoms with Gasteiger partial charge in [0.2, 0.25) is 0 Å². The van der Waals surface area contributed by atoms with Crippen LogP contribution in [0.25, 0.3) is 0 Å². The number of carbonyl (C=O) groups is 1. The van der Waals surface area contributed by atoms with E-state index in [-0.39, 0.29) is 29.9 Å². The number of hydrogen-bond donors (Lipinski definition) is 2. The Morgan fingerprint density at radius 1 is 1.32 bits per heavy atom. The molecule has 0 atom stereocenters. The Balaban J connectivity index is 0.00000441. The van der Waals surface area contributed by atoms with E-state index in [4.69, 9.17) is 0 Å². The third-order valence-corrected chi connectivity index (χ3v) is 2.80. The summed E-state index contributed by atoms with van der Waals surface area (Å²) in [5, 5.41) is 6.42. The molecule has 0 aromatic carbocycles. The van der Waals surface area contributed by atoms with E-state index in [1.165, 1.54) is 7.11 Å². The second-order valence-electron chi connectivity index (χ2n) is 4.48. The van der Waals surface area contributed by atoms with E-state index in [9.17, 15) is 4.79 Å². The third kappa shape index (κ3) is 9.54. The lowest BCUT2D eigenvalue weighted by atomic mass is 10.2. The lowest BCUT2D eigenvalue weighted by molar-refractivity contribution is -0.140. The molecule has 0 aliphatic carbocycles. The van der Waals surface area contributed by atoms with Crippen LogP contribution in [0.4, 0.5) is 0 Å². The predicted molar refractivity (Wildman–Crippen MR) is 98.3 cm³/mol. The molecule has 1 aromatic rings. The summed E-state index contributed by atoms with van der Waals surface area (Å²) in [6.07, 6.45) is 3.92. The Labute approximate surface area is 149 Å². The summed E-state index contributed by atoms with van der Waals surface area (Å²) in [4.78, 5) is 19.7. The number of nitrogens with one attached hydrogen (secondary N) is 2. The smallest absolute Gasteiger partial charge is 0.305 e. The molecule has 0 spiro atoms. The first kappa shape index (κ1) is 20.6. The highest BCUT2D eigenvalue weighted by Crippen LogP contribution is 1.97. The highest BCUT2D eigenvalue weighted by molar-refractivity contribution is 14.0. The molecule has 0 fully saturated rings. The maximum Gasteiger partial charge on any atom is 0.305 e. The highest BCUT2D eigenvalue weighted by atomic mass is 127. The van der Waals surface area contributed by atoms with Crippen LogP contribution in [-0.4, -0.2) is 37.1 Å². The topological polar surface area (TPSA) is 75.6 Å². The van der Waals surface area contributed by atoms with Gasteiger partial charge in [0.05, 0.1) is 19.3 Å². The van der Waals surface area contributed by atoms with Gasteiger partial charge in [0.25, 0.3) is 0 Å². The van der Waals surface area contributed by atoms with E-state index >= 15 is 0 Å². The van der Waals surface area contributed by atoms with Gasteiger partial charge >= 0.3 is 5.97 Å². The van der Waals surface area contributed by atoms with Gasteiger partial charge in [0, 0.05) is 25.7 Å². The predicted octanol–water partition coefficient (Wildman–Crippen LogP) is 2.10. The van der Waals surface area contributed by atoms with Crippen LogP contribution in [0.3, 0.4) is 0 Å². The molecule has 0 amide bonds. The normalized spacial score (nSPS) is 10.5. The Kier molecular flexibility index (Phi) is 12.5. The number of methoxy groups -OCH3 is 1. The number of halogens is 1. The van der Waals surface area contributed by atoms with E-state index in [0.29, 0.717) is 13.0 Å². The van der Waals surface area contributed by atoms with Crippen LogP contribution >= 0.6 is 24.0 Å². The Hall–Kier alpha value is -1.38. The van der Waals surface area contributed by atoms with Crippen molar-refractivity contribution in [1.82, 2.24) is 15.6 Å². The van der Waals surface area contributed by atoms with Crippen LogP contribution in [0.2, 0.25) is 0 Å². The van der Waals surface area contributed by atoms with Crippen molar-refractivity contribution in [2.75, 3.05) is 20.2 Å². The van der Waals surface area contributed by atoms with Crippen molar-refractivity contribution in [3.8, 4) is 0 Å². The van der Waals surface area contributed by atoms with Gasteiger partial charge in [-0.3, -0.25) is 9.78 Å². The number of carbonyl (C=O) groups excluding carboxylic acids is 1. The first-order valence-electron chi connectivity index (χ1n) is 7.25. The largest absolute Gasteiger partial charge is 0.469 e. The minimum atomic E-state index is -0.161. The molecule has 0 saturated carbocycles. The van der Waals surface area contributed by atoms with Gasteiger partial charge in [-0.2, -0.15) is 0 Å². The zero-order valence-electron chi connectivity index (χ0n) is 13.2. The molecular formula is C15H25IN4O2. The number of pyridine rings is 1. The van der Waals surface area contributed by atoms with E-state index in [1.807, 2.05) is 25.1 Å². The zero-order chi connectivity index (χ0) is 15.3. The molecule has 0 saturated heterocycles. The van der Waals surface area contributed by atoms with Gasteiger partial charge in [0.1, 0.15) is 0 Å². The zero-order valence-corrected chi connectivity index (χ0v) is 15.5. The van der Waals surface area contributed by atoms with Crippen molar-refractivity contribution >= 4 is 35.9 Å². The molecule has 7 heteroatoms. The van der Waals surface area contributed by atoms with Crippen molar-refractivity contribution < 1.29 is 9.53 Å². The van der Waals surface area contributed by atoms with Crippen molar-refractivity contribution in [2.45, 2.75) is 32.7 Å². The van der Waals surface area contributed by atoms with Crippen LogP contribution in [0.5, 0.6) is 0 Å². The van der Waals surface area contributed by atoms with Crippen LogP contribution in [0, 0.1) is 0 Å². The van der Waals surface area contributed by atoms with Gasteiger partial charge in [-0.25, -0.2) is 4.99 Å². The summed E-state index contributed by atoms with van der Waals surface area (Å²) in [5.74, 6) is 0.604. The summed E-state index contributed by atoms with van der Waals surface area (Å²) >= 11 is 0. The van der Waals surface area contributed by atoms with Crippen molar-refractivity contribution in [3.05, 3.63) is 30.1 Å². The van der Waals surface area contributed by atoms with Crippen LogP contribution in [-0.2, 0) is 16.1 Å². The Bertz CT molecular complexity index is 440. The van der Waals surface area contributed by atoms with E-state index in [2.05, 4.69) is 25.3 Å². The minimum Gasteiger partial charge on any atom is -0.469 e. The van der Waals surface area contributed by atoms with Crippen LogP contribution in [0.1, 0.15) is 31.9 Å². The average molecular weight is 420 g/mol. The number of aromatic nitrogens is 1. The number of guanidine groups is 1. The summed E-state index contributed by atoms with van der Waals surface area (Å²) in [7, 11) is 1.41.